The van der Waals surface area contributed by atoms with Crippen LogP contribution in [0.3, 0.4) is 0 Å². The molecule has 0 spiro atoms. The van der Waals surface area contributed by atoms with Crippen LogP contribution in [0.4, 0.5) is 17.6 Å². The Bertz CT molecular complexity index is 1130. The highest BCUT2D eigenvalue weighted by atomic mass is 19.3. The molecule has 2 aliphatic carbocycles. The molecule has 1 unspecified atom stereocenters. The van der Waals surface area contributed by atoms with E-state index in [2.05, 4.69) is 6.92 Å². The Hall–Kier alpha value is -2.50. The van der Waals surface area contributed by atoms with Crippen molar-refractivity contribution in [2.45, 2.75) is 70.6 Å². The second-order valence-corrected chi connectivity index (χ2v) is 10.1. The summed E-state index contributed by atoms with van der Waals surface area (Å²) in [4.78, 5) is 0. The molecule has 1 heterocycles. The van der Waals surface area contributed by atoms with Crippen molar-refractivity contribution in [3.05, 3.63) is 64.4 Å². The Morgan fingerprint density at radius 1 is 0.914 bits per heavy atom. The minimum Gasteiger partial charge on any atom is -0.497 e. The second kappa shape index (κ2) is 9.51. The number of alkyl halides is 2. The summed E-state index contributed by atoms with van der Waals surface area (Å²) in [6.07, 6.45) is 9.68. The van der Waals surface area contributed by atoms with Crippen LogP contribution in [0.5, 0.6) is 5.75 Å². The van der Waals surface area contributed by atoms with Gasteiger partial charge in [-0.15, -0.1) is 0 Å². The van der Waals surface area contributed by atoms with E-state index < -0.39 is 28.7 Å². The van der Waals surface area contributed by atoms with E-state index >= 15 is 13.2 Å². The van der Waals surface area contributed by atoms with E-state index in [1.165, 1.54) is 43.9 Å². The number of fused-ring (bicyclic) bond motifs is 3. The van der Waals surface area contributed by atoms with Gasteiger partial charge in [-0.05, 0) is 79.8 Å². The third-order valence-corrected chi connectivity index (χ3v) is 7.94. The van der Waals surface area contributed by atoms with Crippen LogP contribution >= 0.6 is 0 Å². The molecule has 0 saturated heterocycles. The predicted octanol–water partition coefficient (Wildman–Crippen LogP) is 8.48. The number of halogens is 4. The highest BCUT2D eigenvalue weighted by Gasteiger charge is 2.50. The SMILES string of the molecule is CCCC1CCC(C2=CCC(c3ccc4c(c3F)C(F)(F)c3c-4ccc(OCC)c3F)CO2)CC1. The van der Waals surface area contributed by atoms with Gasteiger partial charge in [0.15, 0.2) is 11.6 Å². The molecule has 0 bridgehead atoms. The number of hydrogen-bond donors (Lipinski definition) is 0. The van der Waals surface area contributed by atoms with Crippen molar-refractivity contribution in [2.24, 2.45) is 11.8 Å². The van der Waals surface area contributed by atoms with Crippen LogP contribution in [0.15, 0.2) is 36.1 Å². The smallest absolute Gasteiger partial charge is 0.305 e. The molecule has 1 fully saturated rings. The average molecular weight is 489 g/mol. The number of benzene rings is 2. The molecule has 1 aliphatic heterocycles. The van der Waals surface area contributed by atoms with Crippen molar-refractivity contribution < 1.29 is 27.0 Å². The molecule has 3 aliphatic rings. The first-order chi connectivity index (χ1) is 16.9. The predicted molar refractivity (Wildman–Crippen MR) is 128 cm³/mol. The first-order valence-electron chi connectivity index (χ1n) is 12.9. The maximum atomic E-state index is 15.7. The zero-order valence-corrected chi connectivity index (χ0v) is 20.3. The molecule has 188 valence electrons. The minimum atomic E-state index is -3.78. The zero-order valence-electron chi connectivity index (χ0n) is 20.3. The maximum absolute atomic E-state index is 15.7. The lowest BCUT2D eigenvalue weighted by molar-refractivity contribution is 0.0394. The molecule has 2 nitrogen and oxygen atoms in total. The summed E-state index contributed by atoms with van der Waals surface area (Å²) in [7, 11) is 0. The first-order valence-corrected chi connectivity index (χ1v) is 12.9. The van der Waals surface area contributed by atoms with Gasteiger partial charge in [-0.1, -0.05) is 31.9 Å². The monoisotopic (exact) mass is 488 g/mol. The van der Waals surface area contributed by atoms with Crippen molar-refractivity contribution in [2.75, 3.05) is 13.2 Å². The highest BCUT2D eigenvalue weighted by molar-refractivity contribution is 5.81. The Labute approximate surface area is 204 Å². The molecule has 2 aromatic rings. The van der Waals surface area contributed by atoms with Crippen molar-refractivity contribution in [3.8, 4) is 16.9 Å². The number of hydrogen-bond acceptors (Lipinski definition) is 2. The second-order valence-electron chi connectivity index (χ2n) is 10.1. The van der Waals surface area contributed by atoms with E-state index in [0.717, 1.165) is 24.5 Å². The fourth-order valence-electron chi connectivity index (χ4n) is 6.15. The van der Waals surface area contributed by atoms with Crippen LogP contribution < -0.4 is 4.74 Å². The van der Waals surface area contributed by atoms with E-state index in [1.807, 2.05) is 6.08 Å². The van der Waals surface area contributed by atoms with E-state index in [1.54, 1.807) is 13.0 Å². The minimum absolute atomic E-state index is 0.0113. The molecule has 5 rings (SSSR count). The summed E-state index contributed by atoms with van der Waals surface area (Å²) >= 11 is 0. The van der Waals surface area contributed by atoms with Crippen molar-refractivity contribution in [1.82, 2.24) is 0 Å². The third-order valence-electron chi connectivity index (χ3n) is 7.94. The Balaban J connectivity index is 1.38. The molecule has 6 heteroatoms. The fourth-order valence-corrected chi connectivity index (χ4v) is 6.15. The summed E-state index contributed by atoms with van der Waals surface area (Å²) in [5, 5.41) is 0. The molecular weight excluding hydrogens is 456 g/mol. The quantitative estimate of drug-likeness (QED) is 0.380. The number of rotatable bonds is 6. The maximum Gasteiger partial charge on any atom is 0.305 e. The van der Waals surface area contributed by atoms with Crippen LogP contribution in [0.2, 0.25) is 0 Å². The van der Waals surface area contributed by atoms with E-state index in [4.69, 9.17) is 9.47 Å². The molecule has 2 aromatic carbocycles. The van der Waals surface area contributed by atoms with Gasteiger partial charge in [0.05, 0.1) is 30.1 Å². The normalized spacial score (nSPS) is 24.9. The van der Waals surface area contributed by atoms with Crippen molar-refractivity contribution in [1.29, 1.82) is 0 Å². The summed E-state index contributed by atoms with van der Waals surface area (Å²) in [5.74, 6) is -4.31. The molecule has 35 heavy (non-hydrogen) atoms. The van der Waals surface area contributed by atoms with Gasteiger partial charge in [0, 0.05) is 11.8 Å². The summed E-state index contributed by atoms with van der Waals surface area (Å²) in [6, 6.07) is 5.75. The molecule has 0 aromatic heterocycles. The summed E-state index contributed by atoms with van der Waals surface area (Å²) in [5.41, 5.74) is -1.32. The van der Waals surface area contributed by atoms with Gasteiger partial charge in [-0.2, -0.15) is 8.78 Å². The Morgan fingerprint density at radius 3 is 2.23 bits per heavy atom. The summed E-state index contributed by atoms with van der Waals surface area (Å²) < 4.78 is 72.7. The largest absolute Gasteiger partial charge is 0.497 e. The van der Waals surface area contributed by atoms with Gasteiger partial charge in [0.1, 0.15) is 5.82 Å². The molecule has 0 N–H and O–H groups in total. The van der Waals surface area contributed by atoms with Crippen molar-refractivity contribution in [3.63, 3.8) is 0 Å². The van der Waals surface area contributed by atoms with Gasteiger partial charge in [0.25, 0.3) is 0 Å². The van der Waals surface area contributed by atoms with E-state index in [-0.39, 0.29) is 41.6 Å². The first kappa shape index (κ1) is 24.2. The number of allylic oxidation sites excluding steroid dienone is 2. The lowest BCUT2D eigenvalue weighted by Crippen LogP contribution is -2.23. The topological polar surface area (TPSA) is 18.5 Å². The van der Waals surface area contributed by atoms with Gasteiger partial charge in [-0.3, -0.25) is 0 Å². The molecule has 1 atom stereocenters. The lowest BCUT2D eigenvalue weighted by Gasteiger charge is -2.33. The van der Waals surface area contributed by atoms with Crippen molar-refractivity contribution >= 4 is 0 Å². The molecule has 0 amide bonds. The lowest BCUT2D eigenvalue weighted by atomic mass is 9.78. The van der Waals surface area contributed by atoms with E-state index in [0.29, 0.717) is 12.3 Å². The van der Waals surface area contributed by atoms with Gasteiger partial charge >= 0.3 is 5.92 Å². The third kappa shape index (κ3) is 4.13. The zero-order chi connectivity index (χ0) is 24.7. The Morgan fingerprint density at radius 2 is 1.60 bits per heavy atom. The highest BCUT2D eigenvalue weighted by Crippen LogP contribution is 2.55. The van der Waals surface area contributed by atoms with Crippen LogP contribution in [-0.2, 0) is 10.7 Å². The van der Waals surface area contributed by atoms with Gasteiger partial charge < -0.3 is 9.47 Å². The summed E-state index contributed by atoms with van der Waals surface area (Å²) in [6.45, 7) is 4.28. The Kier molecular flexibility index (Phi) is 6.58. The fraction of sp³-hybridized carbons (Fsp3) is 0.517. The standard InChI is InChI=1S/C29H32F4O2/c1-3-5-17-6-8-18(9-7-17)23-14-10-19(16-35-23)20-11-12-21-22-13-15-24(34-4-2)28(31)26(22)29(32,33)25(21)27(20)30/h11-15,17-19H,3-10,16H2,1-2H3. The van der Waals surface area contributed by atoms with Crippen LogP contribution in [0.25, 0.3) is 11.1 Å². The molecular formula is C29H32F4O2. The molecule has 1 saturated carbocycles. The number of ether oxygens (including phenoxy) is 2. The van der Waals surface area contributed by atoms with Gasteiger partial charge in [-0.25, -0.2) is 8.78 Å². The van der Waals surface area contributed by atoms with Crippen LogP contribution in [0.1, 0.15) is 81.4 Å². The van der Waals surface area contributed by atoms with E-state index in [9.17, 15) is 4.39 Å². The molecule has 0 radical (unpaired) electrons. The average Bonchev–Trinajstić information content (AvgIpc) is 3.10. The van der Waals surface area contributed by atoms with Crippen LogP contribution in [0, 0.1) is 23.5 Å². The van der Waals surface area contributed by atoms with Gasteiger partial charge in [0.2, 0.25) is 0 Å². The van der Waals surface area contributed by atoms with Crippen LogP contribution in [-0.4, -0.2) is 13.2 Å².